The van der Waals surface area contributed by atoms with Crippen molar-refractivity contribution in [1.29, 1.82) is 0 Å². The Bertz CT molecular complexity index is 1760. The molecule has 5 heterocycles. The summed E-state index contributed by atoms with van der Waals surface area (Å²) >= 11 is 0. The Labute approximate surface area is 291 Å². The number of aryl methyl sites for hydroxylation is 1. The number of rotatable bonds is 7. The summed E-state index contributed by atoms with van der Waals surface area (Å²) in [6.45, 7) is 11.8. The smallest absolute Gasteiger partial charge is 0.411 e. The van der Waals surface area contributed by atoms with E-state index in [9.17, 15) is 27.6 Å². The first-order valence-corrected chi connectivity index (χ1v) is 17.5. The van der Waals surface area contributed by atoms with Gasteiger partial charge in [0.05, 0.1) is 29.5 Å². The number of anilines is 1. The van der Waals surface area contributed by atoms with Gasteiger partial charge in [0.2, 0.25) is 5.91 Å². The molecule has 270 valence electrons. The number of amides is 3. The average Bonchev–Trinajstić information content (AvgIpc) is 3.45. The molecular formula is C37H47F3N6O4. The second kappa shape index (κ2) is 13.8. The van der Waals surface area contributed by atoms with E-state index in [0.29, 0.717) is 48.6 Å². The number of fused-ring (bicyclic) bond motifs is 4. The normalized spacial score (nSPS) is 21.0. The summed E-state index contributed by atoms with van der Waals surface area (Å²) < 4.78 is 49.3. The van der Waals surface area contributed by atoms with Gasteiger partial charge in [-0.2, -0.15) is 0 Å². The second-order valence-electron chi connectivity index (χ2n) is 15.0. The first-order valence-electron chi connectivity index (χ1n) is 17.5. The topological polar surface area (TPSA) is 90.7 Å². The molecule has 1 atom stereocenters. The number of hydrogen-bond donors (Lipinski definition) is 0. The van der Waals surface area contributed by atoms with Gasteiger partial charge in [0.15, 0.2) is 0 Å². The largest absolute Gasteiger partial charge is 0.444 e. The minimum atomic E-state index is -2.75. The number of carbonyl (C=O) groups excluding carboxylic acids is 3. The molecule has 3 amide bonds. The van der Waals surface area contributed by atoms with Crippen LogP contribution < -0.4 is 4.90 Å². The van der Waals surface area contributed by atoms with Crippen LogP contribution in [0.2, 0.25) is 0 Å². The lowest BCUT2D eigenvalue weighted by Crippen LogP contribution is -2.65. The zero-order valence-corrected chi connectivity index (χ0v) is 29.7. The third kappa shape index (κ3) is 7.00. The molecule has 3 aliphatic heterocycles. The molecule has 3 aromatic rings. The fourth-order valence-corrected chi connectivity index (χ4v) is 7.78. The lowest BCUT2D eigenvalue weighted by molar-refractivity contribution is -0.146. The number of imidazole rings is 1. The summed E-state index contributed by atoms with van der Waals surface area (Å²) in [5.41, 5.74) is 1.83. The molecule has 0 unspecified atom stereocenters. The van der Waals surface area contributed by atoms with Gasteiger partial charge in [-0.15, -0.1) is 0 Å². The summed E-state index contributed by atoms with van der Waals surface area (Å²) in [5, 5.41) is 0. The Balaban J connectivity index is 1.27. The van der Waals surface area contributed by atoms with Crippen molar-refractivity contribution in [2.45, 2.75) is 97.4 Å². The molecule has 1 saturated carbocycles. The molecule has 4 aliphatic rings. The van der Waals surface area contributed by atoms with Crippen LogP contribution in [0.25, 0.3) is 16.6 Å². The SMILES string of the molecule is Cc1ncc2c(-c3ccc(F)cc3C(=O)N(CC(F)F)C(C)C)cc(N3CCN(C(=O)[C@H]4C5CCC(CC5)N4C(=O)OC(C)(C)C)CC3)cn12. The van der Waals surface area contributed by atoms with E-state index < -0.39 is 48.5 Å². The number of carbonyl (C=O) groups is 3. The summed E-state index contributed by atoms with van der Waals surface area (Å²) in [6, 6.07) is 4.72. The maximum Gasteiger partial charge on any atom is 0.411 e. The molecule has 7 rings (SSSR count). The Morgan fingerprint density at radius 1 is 1.00 bits per heavy atom. The van der Waals surface area contributed by atoms with Gasteiger partial charge in [-0.1, -0.05) is 6.07 Å². The van der Waals surface area contributed by atoms with Crippen LogP contribution in [0.5, 0.6) is 0 Å². The van der Waals surface area contributed by atoms with Crippen molar-refractivity contribution >= 4 is 29.1 Å². The number of alkyl halides is 2. The molecular weight excluding hydrogens is 649 g/mol. The Hall–Kier alpha value is -4.29. The average molecular weight is 697 g/mol. The first-order chi connectivity index (χ1) is 23.6. The second-order valence-corrected chi connectivity index (χ2v) is 15.0. The predicted octanol–water partition coefficient (Wildman–Crippen LogP) is 6.39. The third-order valence-electron chi connectivity index (χ3n) is 10.2. The lowest BCUT2D eigenvalue weighted by atomic mass is 9.74. The van der Waals surface area contributed by atoms with Gasteiger partial charge in [-0.25, -0.2) is 22.9 Å². The van der Waals surface area contributed by atoms with Gasteiger partial charge in [-0.05, 0) is 96.9 Å². The summed E-state index contributed by atoms with van der Waals surface area (Å²) in [5.74, 6) is -0.569. The molecule has 10 nitrogen and oxygen atoms in total. The van der Waals surface area contributed by atoms with E-state index in [1.165, 1.54) is 12.1 Å². The first kappa shape index (κ1) is 35.5. The van der Waals surface area contributed by atoms with Crippen molar-refractivity contribution in [3.05, 3.63) is 53.9 Å². The van der Waals surface area contributed by atoms with E-state index in [1.54, 1.807) is 24.9 Å². The highest BCUT2D eigenvalue weighted by Crippen LogP contribution is 2.41. The van der Waals surface area contributed by atoms with Crippen LogP contribution in [0.4, 0.5) is 23.7 Å². The van der Waals surface area contributed by atoms with E-state index in [2.05, 4.69) is 9.88 Å². The minimum Gasteiger partial charge on any atom is -0.444 e. The molecule has 2 bridgehead atoms. The van der Waals surface area contributed by atoms with Gasteiger partial charge in [0.25, 0.3) is 12.3 Å². The summed E-state index contributed by atoms with van der Waals surface area (Å²) in [7, 11) is 0. The van der Waals surface area contributed by atoms with Crippen LogP contribution in [0.15, 0.2) is 36.7 Å². The van der Waals surface area contributed by atoms with Crippen molar-refractivity contribution in [3.63, 3.8) is 0 Å². The number of ether oxygens (including phenoxy) is 1. The van der Waals surface area contributed by atoms with Crippen LogP contribution >= 0.6 is 0 Å². The van der Waals surface area contributed by atoms with Crippen molar-refractivity contribution in [2.24, 2.45) is 5.92 Å². The molecule has 1 aliphatic carbocycles. The van der Waals surface area contributed by atoms with Crippen LogP contribution in [0, 0.1) is 18.7 Å². The zero-order valence-electron chi connectivity index (χ0n) is 29.7. The van der Waals surface area contributed by atoms with Crippen molar-refractivity contribution in [2.75, 3.05) is 37.6 Å². The summed E-state index contributed by atoms with van der Waals surface area (Å²) in [6.07, 6.45) is 4.04. The number of halogens is 3. The lowest BCUT2D eigenvalue weighted by Gasteiger charge is -2.51. The fraction of sp³-hybridized carbons (Fsp3) is 0.568. The van der Waals surface area contributed by atoms with Gasteiger partial charge < -0.3 is 23.8 Å². The zero-order chi connectivity index (χ0) is 36.1. The number of nitrogens with zero attached hydrogens (tertiary/aromatic N) is 6. The van der Waals surface area contributed by atoms with Crippen LogP contribution in [0.3, 0.4) is 0 Å². The maximum absolute atomic E-state index is 14.7. The van der Waals surface area contributed by atoms with Gasteiger partial charge in [-0.3, -0.25) is 14.5 Å². The Morgan fingerprint density at radius 3 is 2.30 bits per heavy atom. The molecule has 1 aromatic carbocycles. The third-order valence-corrected chi connectivity index (χ3v) is 10.2. The number of benzene rings is 1. The van der Waals surface area contributed by atoms with Gasteiger partial charge in [0, 0.05) is 50.0 Å². The van der Waals surface area contributed by atoms with E-state index in [1.807, 2.05) is 49.3 Å². The Kier molecular flexibility index (Phi) is 9.80. The van der Waals surface area contributed by atoms with Crippen molar-refractivity contribution in [3.8, 4) is 11.1 Å². The molecule has 0 N–H and O–H groups in total. The number of hydrogen-bond acceptors (Lipinski definition) is 6. The number of aromatic nitrogens is 2. The quantitative estimate of drug-likeness (QED) is 0.285. The predicted molar refractivity (Wildman–Crippen MR) is 184 cm³/mol. The molecule has 3 saturated heterocycles. The van der Waals surface area contributed by atoms with E-state index in [4.69, 9.17) is 4.74 Å². The highest BCUT2D eigenvalue weighted by Gasteiger charge is 2.50. The maximum atomic E-state index is 14.7. The molecule has 4 fully saturated rings. The van der Waals surface area contributed by atoms with Crippen molar-refractivity contribution < 1.29 is 32.3 Å². The molecule has 50 heavy (non-hydrogen) atoms. The summed E-state index contributed by atoms with van der Waals surface area (Å²) in [4.78, 5) is 52.5. The Morgan fingerprint density at radius 2 is 1.68 bits per heavy atom. The van der Waals surface area contributed by atoms with Crippen molar-refractivity contribution in [1.82, 2.24) is 24.1 Å². The highest BCUT2D eigenvalue weighted by atomic mass is 19.3. The highest BCUT2D eigenvalue weighted by molar-refractivity contribution is 6.03. The number of piperidine rings is 2. The minimum absolute atomic E-state index is 0.000109. The van der Waals surface area contributed by atoms with E-state index in [0.717, 1.165) is 42.3 Å². The molecule has 0 radical (unpaired) electrons. The van der Waals surface area contributed by atoms with E-state index >= 15 is 0 Å². The standard InChI is InChI=1S/C37H47F3N6O4/c1-22(2)44(21-32(39)40)34(47)30-17-25(38)9-12-28(30)29-18-27(20-45-23(3)41-19-31(29)45)42-13-15-43(16-14-42)35(48)33-24-7-10-26(11-8-24)46(33)36(49)50-37(4,5)6/h9,12,17-20,22,24,26,32-33H,7-8,10-11,13-16,21H2,1-6H3/t24?,26?,33-/m1/s1. The fourth-order valence-electron chi connectivity index (χ4n) is 7.78. The monoisotopic (exact) mass is 696 g/mol. The van der Waals surface area contributed by atoms with Gasteiger partial charge >= 0.3 is 6.09 Å². The molecule has 13 heteroatoms. The van der Waals surface area contributed by atoms with Crippen LogP contribution in [-0.2, 0) is 9.53 Å². The van der Waals surface area contributed by atoms with Crippen LogP contribution in [0.1, 0.15) is 76.5 Å². The number of piperazine rings is 1. The molecule has 2 aromatic heterocycles. The van der Waals surface area contributed by atoms with Crippen LogP contribution in [-0.4, -0.2) is 105 Å². The van der Waals surface area contributed by atoms with Gasteiger partial charge in [0.1, 0.15) is 23.3 Å². The number of pyridine rings is 1. The molecule has 0 spiro atoms. The van der Waals surface area contributed by atoms with E-state index in [-0.39, 0.29) is 23.4 Å².